The highest BCUT2D eigenvalue weighted by atomic mass is 35.5. The van der Waals surface area contributed by atoms with Crippen LogP contribution in [-0.2, 0) is 6.42 Å². The SMILES string of the molecule is CCCc1nc(-c2ccc(Cl)c(Cl)c2)c(N)n1C1CC1. The third-order valence-corrected chi connectivity index (χ3v) is 4.34. The summed E-state index contributed by atoms with van der Waals surface area (Å²) in [6.45, 7) is 2.15. The monoisotopic (exact) mass is 309 g/mol. The predicted octanol–water partition coefficient (Wildman–Crippen LogP) is 4.73. The molecule has 1 aliphatic carbocycles. The number of benzene rings is 1. The number of imidazole rings is 1. The van der Waals surface area contributed by atoms with Crippen LogP contribution in [0.2, 0.25) is 10.0 Å². The lowest BCUT2D eigenvalue weighted by Gasteiger charge is -2.07. The Morgan fingerprint density at radius 1 is 1.30 bits per heavy atom. The van der Waals surface area contributed by atoms with Crippen LogP contribution in [-0.4, -0.2) is 9.55 Å². The van der Waals surface area contributed by atoms with Crippen LogP contribution in [0.25, 0.3) is 11.3 Å². The summed E-state index contributed by atoms with van der Waals surface area (Å²) >= 11 is 12.1. The van der Waals surface area contributed by atoms with Crippen LogP contribution in [0.3, 0.4) is 0 Å². The predicted molar refractivity (Wildman–Crippen MR) is 84.4 cm³/mol. The molecule has 5 heteroatoms. The highest BCUT2D eigenvalue weighted by Gasteiger charge is 2.29. The molecule has 0 unspecified atom stereocenters. The van der Waals surface area contributed by atoms with E-state index < -0.39 is 0 Å². The van der Waals surface area contributed by atoms with Crippen LogP contribution in [0.1, 0.15) is 38.1 Å². The number of nitrogens with two attached hydrogens (primary N) is 1. The molecule has 1 aromatic carbocycles. The highest BCUT2D eigenvalue weighted by Crippen LogP contribution is 2.41. The van der Waals surface area contributed by atoms with Gasteiger partial charge in [0.2, 0.25) is 0 Å². The van der Waals surface area contributed by atoms with Gasteiger partial charge in [-0.3, -0.25) is 0 Å². The molecule has 20 heavy (non-hydrogen) atoms. The average molecular weight is 310 g/mol. The molecule has 3 rings (SSSR count). The average Bonchev–Trinajstić information content (AvgIpc) is 3.19. The first-order valence-electron chi connectivity index (χ1n) is 6.93. The van der Waals surface area contributed by atoms with E-state index in [1.807, 2.05) is 12.1 Å². The maximum atomic E-state index is 6.32. The molecule has 2 N–H and O–H groups in total. The van der Waals surface area contributed by atoms with Crippen molar-refractivity contribution in [2.75, 3.05) is 5.73 Å². The number of aromatic nitrogens is 2. The molecule has 0 spiro atoms. The van der Waals surface area contributed by atoms with Crippen LogP contribution >= 0.6 is 23.2 Å². The molecule has 0 aliphatic heterocycles. The minimum atomic E-state index is 0.528. The van der Waals surface area contributed by atoms with Crippen LogP contribution in [0.5, 0.6) is 0 Å². The molecule has 1 aliphatic rings. The minimum Gasteiger partial charge on any atom is -0.383 e. The topological polar surface area (TPSA) is 43.8 Å². The van der Waals surface area contributed by atoms with Gasteiger partial charge < -0.3 is 10.3 Å². The zero-order chi connectivity index (χ0) is 14.3. The smallest absolute Gasteiger partial charge is 0.131 e. The van der Waals surface area contributed by atoms with Gasteiger partial charge in [0, 0.05) is 18.0 Å². The van der Waals surface area contributed by atoms with Gasteiger partial charge in [-0.1, -0.05) is 36.2 Å². The number of nitrogens with zero attached hydrogens (tertiary/aromatic N) is 2. The number of aryl methyl sites for hydroxylation is 1. The summed E-state index contributed by atoms with van der Waals surface area (Å²) in [5.41, 5.74) is 8.06. The standard InChI is InChI=1S/C15H17Cl2N3/c1-2-3-13-19-14(15(18)20(13)10-5-6-10)9-4-7-11(16)12(17)8-9/h4,7-8,10H,2-3,5-6,18H2,1H3. The fourth-order valence-corrected chi connectivity index (χ4v) is 2.79. The molecule has 0 radical (unpaired) electrons. The molecule has 1 saturated carbocycles. The molecule has 106 valence electrons. The lowest BCUT2D eigenvalue weighted by molar-refractivity contribution is 0.676. The maximum absolute atomic E-state index is 6.32. The molecule has 0 amide bonds. The van der Waals surface area contributed by atoms with Crippen LogP contribution in [0.4, 0.5) is 5.82 Å². The van der Waals surface area contributed by atoms with Crippen molar-refractivity contribution >= 4 is 29.0 Å². The minimum absolute atomic E-state index is 0.528. The summed E-state index contributed by atoms with van der Waals surface area (Å²) in [7, 11) is 0. The molecule has 0 atom stereocenters. The van der Waals surface area contributed by atoms with Gasteiger partial charge in [0.1, 0.15) is 17.3 Å². The van der Waals surface area contributed by atoms with E-state index >= 15 is 0 Å². The Kier molecular flexibility index (Phi) is 3.65. The summed E-state index contributed by atoms with van der Waals surface area (Å²) in [6.07, 6.45) is 4.39. The Morgan fingerprint density at radius 3 is 2.65 bits per heavy atom. The first-order valence-corrected chi connectivity index (χ1v) is 7.69. The van der Waals surface area contributed by atoms with Crippen molar-refractivity contribution in [1.29, 1.82) is 0 Å². The summed E-state index contributed by atoms with van der Waals surface area (Å²) < 4.78 is 2.20. The largest absolute Gasteiger partial charge is 0.383 e. The Labute approximate surface area is 128 Å². The third-order valence-electron chi connectivity index (χ3n) is 3.60. The van der Waals surface area contributed by atoms with Crippen molar-refractivity contribution in [1.82, 2.24) is 9.55 Å². The third kappa shape index (κ3) is 2.40. The van der Waals surface area contributed by atoms with Crippen molar-refractivity contribution in [3.63, 3.8) is 0 Å². The van der Waals surface area contributed by atoms with Gasteiger partial charge in [0.05, 0.1) is 10.0 Å². The van der Waals surface area contributed by atoms with Crippen molar-refractivity contribution in [3.05, 3.63) is 34.1 Å². The van der Waals surface area contributed by atoms with Gasteiger partial charge in [-0.05, 0) is 31.4 Å². The quantitative estimate of drug-likeness (QED) is 0.887. The molecule has 0 saturated heterocycles. The van der Waals surface area contributed by atoms with Crippen LogP contribution < -0.4 is 5.73 Å². The zero-order valence-corrected chi connectivity index (χ0v) is 12.9. The maximum Gasteiger partial charge on any atom is 0.131 e. The summed E-state index contributed by atoms with van der Waals surface area (Å²) in [6, 6.07) is 6.06. The first-order chi connectivity index (χ1) is 9.61. The Balaban J connectivity index is 2.08. The molecule has 1 fully saturated rings. The summed E-state index contributed by atoms with van der Waals surface area (Å²) in [4.78, 5) is 4.74. The number of nitrogen functional groups attached to an aromatic ring is 1. The van der Waals surface area contributed by atoms with E-state index in [9.17, 15) is 0 Å². The van der Waals surface area contributed by atoms with E-state index in [1.165, 1.54) is 12.8 Å². The fourth-order valence-electron chi connectivity index (χ4n) is 2.49. The Bertz CT molecular complexity index is 645. The summed E-state index contributed by atoms with van der Waals surface area (Å²) in [5, 5.41) is 1.07. The molecule has 1 heterocycles. The Morgan fingerprint density at radius 2 is 2.05 bits per heavy atom. The number of hydrogen-bond donors (Lipinski definition) is 1. The lowest BCUT2D eigenvalue weighted by Crippen LogP contribution is -2.05. The number of anilines is 1. The Hall–Kier alpha value is -1.19. The van der Waals surface area contributed by atoms with Gasteiger partial charge in [0.25, 0.3) is 0 Å². The van der Waals surface area contributed by atoms with Gasteiger partial charge in [-0.15, -0.1) is 0 Å². The number of hydrogen-bond acceptors (Lipinski definition) is 2. The molecule has 2 aromatic rings. The van der Waals surface area contributed by atoms with E-state index in [2.05, 4.69) is 11.5 Å². The van der Waals surface area contributed by atoms with Gasteiger partial charge in [0.15, 0.2) is 0 Å². The molecular formula is C15H17Cl2N3. The second-order valence-electron chi connectivity index (χ2n) is 5.24. The second-order valence-corrected chi connectivity index (χ2v) is 6.06. The molecular weight excluding hydrogens is 293 g/mol. The van der Waals surface area contributed by atoms with Crippen molar-refractivity contribution in [3.8, 4) is 11.3 Å². The van der Waals surface area contributed by atoms with Gasteiger partial charge >= 0.3 is 0 Å². The normalized spacial score (nSPS) is 14.8. The number of halogens is 2. The highest BCUT2D eigenvalue weighted by molar-refractivity contribution is 6.42. The van der Waals surface area contributed by atoms with Crippen molar-refractivity contribution < 1.29 is 0 Å². The van der Waals surface area contributed by atoms with E-state index in [0.29, 0.717) is 16.1 Å². The van der Waals surface area contributed by atoms with E-state index in [0.717, 1.165) is 35.7 Å². The van der Waals surface area contributed by atoms with Crippen molar-refractivity contribution in [2.24, 2.45) is 0 Å². The van der Waals surface area contributed by atoms with E-state index in [4.69, 9.17) is 33.9 Å². The fraction of sp³-hybridized carbons (Fsp3) is 0.400. The first kappa shape index (κ1) is 13.8. The summed E-state index contributed by atoms with van der Waals surface area (Å²) in [5.74, 6) is 1.82. The van der Waals surface area contributed by atoms with Gasteiger partial charge in [-0.2, -0.15) is 0 Å². The number of rotatable bonds is 4. The molecule has 0 bridgehead atoms. The zero-order valence-electron chi connectivity index (χ0n) is 11.4. The molecule has 1 aromatic heterocycles. The second kappa shape index (κ2) is 5.30. The van der Waals surface area contributed by atoms with Gasteiger partial charge in [-0.25, -0.2) is 4.98 Å². The lowest BCUT2D eigenvalue weighted by atomic mass is 10.1. The molecule has 3 nitrogen and oxygen atoms in total. The van der Waals surface area contributed by atoms with Crippen LogP contribution in [0.15, 0.2) is 18.2 Å². The van der Waals surface area contributed by atoms with E-state index in [-0.39, 0.29) is 0 Å². The van der Waals surface area contributed by atoms with Crippen LogP contribution in [0, 0.1) is 0 Å². The van der Waals surface area contributed by atoms with Crippen molar-refractivity contribution in [2.45, 2.75) is 38.6 Å². The van der Waals surface area contributed by atoms with E-state index in [1.54, 1.807) is 6.07 Å².